The maximum atomic E-state index is 12.3. The molecule has 1 aromatic rings. The number of carbonyl (C=O) groups is 1. The lowest BCUT2D eigenvalue weighted by molar-refractivity contribution is -0.137. The number of hydrogen-bond acceptors (Lipinski definition) is 1. The molecule has 1 rings (SSSR count). The maximum Gasteiger partial charge on any atom is 0.417 e. The summed E-state index contributed by atoms with van der Waals surface area (Å²) in [6, 6.07) is 1.48. The molecule has 15 heavy (non-hydrogen) atoms. The number of aromatic carboxylic acids is 1. The monoisotopic (exact) mass is 258 g/mol. The predicted octanol–water partition coefficient (Wildman–Crippen LogP) is 3.71. The van der Waals surface area contributed by atoms with E-state index in [1.807, 2.05) is 0 Å². The Morgan fingerprint density at radius 3 is 2.20 bits per heavy atom. The van der Waals surface area contributed by atoms with Crippen molar-refractivity contribution in [3.63, 3.8) is 0 Å². The van der Waals surface area contributed by atoms with Crippen molar-refractivity contribution in [3.05, 3.63) is 33.3 Å². The van der Waals surface area contributed by atoms with E-state index in [4.69, 9.17) is 28.3 Å². The summed E-state index contributed by atoms with van der Waals surface area (Å²) in [5.74, 6) is -1.60. The minimum Gasteiger partial charge on any atom is -0.478 e. The molecule has 1 aromatic carbocycles. The summed E-state index contributed by atoms with van der Waals surface area (Å²) in [5, 5.41) is 7.37. The lowest BCUT2D eigenvalue weighted by atomic mass is 10.1. The Kier molecular flexibility index (Phi) is 3.16. The Morgan fingerprint density at radius 2 is 1.80 bits per heavy atom. The van der Waals surface area contributed by atoms with Crippen LogP contribution < -0.4 is 0 Å². The molecule has 0 unspecified atom stereocenters. The van der Waals surface area contributed by atoms with E-state index in [0.717, 1.165) is 6.07 Å². The lowest BCUT2D eigenvalue weighted by Gasteiger charge is -2.11. The van der Waals surface area contributed by atoms with Crippen LogP contribution in [0, 0.1) is 0 Å². The third kappa shape index (κ3) is 2.35. The van der Waals surface area contributed by atoms with Crippen molar-refractivity contribution in [2.24, 2.45) is 0 Å². The van der Waals surface area contributed by atoms with Gasteiger partial charge in [-0.15, -0.1) is 0 Å². The van der Waals surface area contributed by atoms with Crippen LogP contribution in [0.25, 0.3) is 0 Å². The highest BCUT2D eigenvalue weighted by molar-refractivity contribution is 6.39. The van der Waals surface area contributed by atoms with Crippen LogP contribution in [0.1, 0.15) is 15.9 Å². The van der Waals surface area contributed by atoms with Gasteiger partial charge in [-0.3, -0.25) is 0 Å². The molecule has 0 aliphatic heterocycles. The van der Waals surface area contributed by atoms with Gasteiger partial charge in [0.1, 0.15) is 0 Å². The molecule has 82 valence electrons. The molecule has 0 aliphatic rings. The third-order valence-electron chi connectivity index (χ3n) is 1.61. The molecule has 0 aliphatic carbocycles. The molecular formula is C8H3Cl2F3O2. The highest BCUT2D eigenvalue weighted by Gasteiger charge is 2.35. The Morgan fingerprint density at radius 1 is 1.27 bits per heavy atom. The Labute approximate surface area is 92.2 Å². The Hall–Kier alpha value is -0.940. The van der Waals surface area contributed by atoms with E-state index in [0.29, 0.717) is 6.07 Å². The second-order valence-corrected chi connectivity index (χ2v) is 3.37. The zero-order chi connectivity index (χ0) is 11.8. The van der Waals surface area contributed by atoms with E-state index < -0.39 is 28.3 Å². The fourth-order valence-electron chi connectivity index (χ4n) is 0.967. The van der Waals surface area contributed by atoms with Crippen LogP contribution in [0.5, 0.6) is 0 Å². The first-order chi connectivity index (χ1) is 6.75. The number of halogens is 5. The average Bonchev–Trinajstić information content (AvgIpc) is 2.00. The molecule has 7 heteroatoms. The first kappa shape index (κ1) is 12.1. The van der Waals surface area contributed by atoms with Crippen molar-refractivity contribution < 1.29 is 23.1 Å². The minimum absolute atomic E-state index is 0.333. The molecular weight excluding hydrogens is 256 g/mol. The molecule has 2 nitrogen and oxygen atoms in total. The molecule has 0 aromatic heterocycles. The van der Waals surface area contributed by atoms with Crippen LogP contribution in [0.4, 0.5) is 13.2 Å². The van der Waals surface area contributed by atoms with Crippen molar-refractivity contribution >= 4 is 29.2 Å². The van der Waals surface area contributed by atoms with Crippen LogP contribution in [0.2, 0.25) is 10.0 Å². The first-order valence-electron chi connectivity index (χ1n) is 3.53. The highest BCUT2D eigenvalue weighted by Crippen LogP contribution is 2.38. The zero-order valence-corrected chi connectivity index (χ0v) is 8.41. The van der Waals surface area contributed by atoms with Crippen LogP contribution in [0.3, 0.4) is 0 Å². The van der Waals surface area contributed by atoms with Gasteiger partial charge in [0.2, 0.25) is 0 Å². The molecule has 1 N–H and O–H groups in total. The van der Waals surface area contributed by atoms with Crippen LogP contribution in [-0.4, -0.2) is 11.1 Å². The normalized spacial score (nSPS) is 11.5. The zero-order valence-electron chi connectivity index (χ0n) is 6.90. The number of rotatable bonds is 1. The van der Waals surface area contributed by atoms with E-state index in [1.54, 1.807) is 0 Å². The summed E-state index contributed by atoms with van der Waals surface area (Å²) in [5.41, 5.74) is -1.96. The van der Waals surface area contributed by atoms with Crippen LogP contribution in [0.15, 0.2) is 12.1 Å². The second-order valence-electron chi connectivity index (χ2n) is 2.59. The quantitative estimate of drug-likeness (QED) is 0.834. The number of benzene rings is 1. The van der Waals surface area contributed by atoms with Crippen LogP contribution in [-0.2, 0) is 6.18 Å². The van der Waals surface area contributed by atoms with Crippen LogP contribution >= 0.6 is 23.2 Å². The van der Waals surface area contributed by atoms with E-state index in [1.165, 1.54) is 0 Å². The van der Waals surface area contributed by atoms with E-state index in [-0.39, 0.29) is 5.02 Å². The summed E-state index contributed by atoms with van der Waals surface area (Å²) < 4.78 is 36.9. The van der Waals surface area contributed by atoms with Crippen molar-refractivity contribution in [3.8, 4) is 0 Å². The summed E-state index contributed by atoms with van der Waals surface area (Å²) in [4.78, 5) is 10.6. The molecule has 0 saturated carbocycles. The minimum atomic E-state index is -4.70. The number of carboxylic acids is 1. The van der Waals surface area contributed by atoms with E-state index in [9.17, 15) is 18.0 Å². The second kappa shape index (κ2) is 3.90. The van der Waals surface area contributed by atoms with Crippen molar-refractivity contribution in [2.75, 3.05) is 0 Å². The number of hydrogen-bond donors (Lipinski definition) is 1. The van der Waals surface area contributed by atoms with E-state index >= 15 is 0 Å². The topological polar surface area (TPSA) is 37.3 Å². The summed E-state index contributed by atoms with van der Waals surface area (Å²) >= 11 is 10.7. The molecule has 0 radical (unpaired) electrons. The Balaban J connectivity index is 3.49. The molecule has 0 amide bonds. The summed E-state index contributed by atoms with van der Waals surface area (Å²) in [6.45, 7) is 0. The number of alkyl halides is 3. The van der Waals surface area contributed by atoms with Gasteiger partial charge in [-0.2, -0.15) is 13.2 Å². The first-order valence-corrected chi connectivity index (χ1v) is 4.29. The SMILES string of the molecule is O=C(O)c1c(Cl)ccc(C(F)(F)F)c1Cl. The van der Waals surface area contributed by atoms with Gasteiger partial charge in [0.05, 0.1) is 21.2 Å². The maximum absolute atomic E-state index is 12.3. The van der Waals surface area contributed by atoms with Crippen molar-refractivity contribution in [1.82, 2.24) is 0 Å². The smallest absolute Gasteiger partial charge is 0.417 e. The van der Waals surface area contributed by atoms with Gasteiger partial charge in [0, 0.05) is 0 Å². The van der Waals surface area contributed by atoms with Gasteiger partial charge in [-0.05, 0) is 12.1 Å². The fourth-order valence-corrected chi connectivity index (χ4v) is 1.61. The lowest BCUT2D eigenvalue weighted by Crippen LogP contribution is -2.09. The van der Waals surface area contributed by atoms with Gasteiger partial charge in [0.15, 0.2) is 0 Å². The molecule has 0 bridgehead atoms. The van der Waals surface area contributed by atoms with Crippen molar-refractivity contribution in [1.29, 1.82) is 0 Å². The number of carboxylic acid groups (broad SMARTS) is 1. The standard InChI is InChI=1S/C8H3Cl2F3O2/c9-4-2-1-3(8(11,12)13)6(10)5(4)7(14)15/h1-2H,(H,14,15). The largest absolute Gasteiger partial charge is 0.478 e. The molecule has 0 fully saturated rings. The van der Waals surface area contributed by atoms with Gasteiger partial charge < -0.3 is 5.11 Å². The molecule has 0 spiro atoms. The van der Waals surface area contributed by atoms with Crippen molar-refractivity contribution in [2.45, 2.75) is 6.18 Å². The van der Waals surface area contributed by atoms with E-state index in [2.05, 4.69) is 0 Å². The molecule has 0 atom stereocenters. The summed E-state index contributed by atoms with van der Waals surface area (Å²) in [6.07, 6.45) is -4.70. The molecule has 0 saturated heterocycles. The fraction of sp³-hybridized carbons (Fsp3) is 0.125. The van der Waals surface area contributed by atoms with Gasteiger partial charge in [0.25, 0.3) is 0 Å². The average molecular weight is 259 g/mol. The predicted molar refractivity (Wildman–Crippen MR) is 48.4 cm³/mol. The Bertz CT molecular complexity index is 415. The van der Waals surface area contributed by atoms with Gasteiger partial charge in [-0.1, -0.05) is 23.2 Å². The third-order valence-corrected chi connectivity index (χ3v) is 2.32. The van der Waals surface area contributed by atoms with Gasteiger partial charge in [-0.25, -0.2) is 4.79 Å². The highest BCUT2D eigenvalue weighted by atomic mass is 35.5. The van der Waals surface area contributed by atoms with Gasteiger partial charge >= 0.3 is 12.1 Å². The molecule has 0 heterocycles. The summed E-state index contributed by atoms with van der Waals surface area (Å²) in [7, 11) is 0.